The minimum atomic E-state index is 0.514. The molecule has 5 nitrogen and oxygen atoms in total. The van der Waals surface area contributed by atoms with Crippen LogP contribution in [0, 0.1) is 0 Å². The Labute approximate surface area is 178 Å². The number of ether oxygens (including phenoxy) is 3. The van der Waals surface area contributed by atoms with E-state index in [2.05, 4.69) is 46.4 Å². The molecule has 158 valence electrons. The SMILES string of the molecule is CC[C@H]1c2ccsc2CCN1Cc1ccc(OCCN2CCOCC2)c(OC)c1. The third kappa shape index (κ3) is 4.94. The lowest BCUT2D eigenvalue weighted by atomic mass is 9.97. The fourth-order valence-electron chi connectivity index (χ4n) is 4.39. The number of benzene rings is 1. The van der Waals surface area contributed by atoms with Crippen molar-refractivity contribution in [1.29, 1.82) is 0 Å². The first-order chi connectivity index (χ1) is 14.3. The van der Waals surface area contributed by atoms with E-state index in [1.165, 1.54) is 11.1 Å². The number of hydrogen-bond acceptors (Lipinski definition) is 6. The molecule has 1 fully saturated rings. The lowest BCUT2D eigenvalue weighted by Gasteiger charge is -2.35. The highest BCUT2D eigenvalue weighted by molar-refractivity contribution is 7.10. The minimum Gasteiger partial charge on any atom is -0.493 e. The molecule has 6 heteroatoms. The van der Waals surface area contributed by atoms with E-state index in [9.17, 15) is 0 Å². The van der Waals surface area contributed by atoms with Crippen molar-refractivity contribution in [3.8, 4) is 11.5 Å². The molecule has 0 N–H and O–H groups in total. The summed E-state index contributed by atoms with van der Waals surface area (Å²) in [6.07, 6.45) is 2.30. The third-order valence-corrected chi connectivity index (χ3v) is 6.97. The molecule has 2 aliphatic rings. The van der Waals surface area contributed by atoms with E-state index in [1.807, 2.05) is 11.3 Å². The molecule has 3 heterocycles. The number of thiophene rings is 1. The maximum Gasteiger partial charge on any atom is 0.161 e. The summed E-state index contributed by atoms with van der Waals surface area (Å²) in [5.74, 6) is 1.65. The van der Waals surface area contributed by atoms with Crippen molar-refractivity contribution in [1.82, 2.24) is 9.80 Å². The summed E-state index contributed by atoms with van der Waals surface area (Å²) < 4.78 is 17.1. The number of methoxy groups -OCH3 is 1. The largest absolute Gasteiger partial charge is 0.493 e. The van der Waals surface area contributed by atoms with Crippen LogP contribution >= 0.6 is 11.3 Å². The van der Waals surface area contributed by atoms with Gasteiger partial charge in [-0.15, -0.1) is 11.3 Å². The maximum atomic E-state index is 6.03. The van der Waals surface area contributed by atoms with Gasteiger partial charge >= 0.3 is 0 Å². The second-order valence-corrected chi connectivity index (χ2v) is 8.73. The summed E-state index contributed by atoms with van der Waals surface area (Å²) >= 11 is 1.91. The smallest absolute Gasteiger partial charge is 0.161 e. The number of rotatable bonds is 8. The molecular formula is C23H32N2O3S. The Morgan fingerprint density at radius 2 is 2.00 bits per heavy atom. The molecule has 0 amide bonds. The molecule has 0 radical (unpaired) electrons. The van der Waals surface area contributed by atoms with Crippen LogP contribution in [0.5, 0.6) is 11.5 Å². The van der Waals surface area contributed by atoms with Gasteiger partial charge in [-0.3, -0.25) is 9.80 Å². The minimum absolute atomic E-state index is 0.514. The second-order valence-electron chi connectivity index (χ2n) is 7.73. The van der Waals surface area contributed by atoms with Gasteiger partial charge in [0.15, 0.2) is 11.5 Å². The fourth-order valence-corrected chi connectivity index (χ4v) is 5.32. The van der Waals surface area contributed by atoms with Crippen LogP contribution in [0.1, 0.15) is 35.4 Å². The summed E-state index contributed by atoms with van der Waals surface area (Å²) in [4.78, 5) is 6.54. The quantitative estimate of drug-likeness (QED) is 0.650. The van der Waals surface area contributed by atoms with Gasteiger partial charge in [0.05, 0.1) is 20.3 Å². The number of hydrogen-bond donors (Lipinski definition) is 0. The van der Waals surface area contributed by atoms with Crippen LogP contribution in [0.25, 0.3) is 0 Å². The van der Waals surface area contributed by atoms with Gasteiger partial charge in [0, 0.05) is 43.6 Å². The number of nitrogens with zero attached hydrogens (tertiary/aromatic N) is 2. The van der Waals surface area contributed by atoms with Gasteiger partial charge in [-0.25, -0.2) is 0 Å². The average molecular weight is 417 g/mol. The van der Waals surface area contributed by atoms with Crippen LogP contribution in [-0.4, -0.2) is 62.9 Å². The highest BCUT2D eigenvalue weighted by Gasteiger charge is 2.27. The molecule has 1 aromatic heterocycles. The Hall–Kier alpha value is -1.60. The zero-order chi connectivity index (χ0) is 20.1. The van der Waals surface area contributed by atoms with E-state index in [4.69, 9.17) is 14.2 Å². The molecule has 1 atom stereocenters. The zero-order valence-corrected chi connectivity index (χ0v) is 18.4. The fraction of sp³-hybridized carbons (Fsp3) is 0.565. The highest BCUT2D eigenvalue weighted by Crippen LogP contribution is 2.37. The summed E-state index contributed by atoms with van der Waals surface area (Å²) in [5, 5.41) is 2.24. The van der Waals surface area contributed by atoms with E-state index in [0.29, 0.717) is 12.6 Å². The van der Waals surface area contributed by atoms with Gasteiger partial charge in [-0.1, -0.05) is 13.0 Å². The first-order valence-corrected chi connectivity index (χ1v) is 11.6. The molecule has 2 aliphatic heterocycles. The maximum absolute atomic E-state index is 6.03. The van der Waals surface area contributed by atoms with Crippen LogP contribution in [0.2, 0.25) is 0 Å². The summed E-state index contributed by atoms with van der Waals surface area (Å²) in [5.41, 5.74) is 2.80. The Morgan fingerprint density at radius 3 is 2.79 bits per heavy atom. The van der Waals surface area contributed by atoms with E-state index >= 15 is 0 Å². The highest BCUT2D eigenvalue weighted by atomic mass is 32.1. The number of morpholine rings is 1. The Bertz CT molecular complexity index is 788. The monoisotopic (exact) mass is 416 g/mol. The first-order valence-electron chi connectivity index (χ1n) is 10.7. The second kappa shape index (κ2) is 9.94. The van der Waals surface area contributed by atoms with Crippen molar-refractivity contribution >= 4 is 11.3 Å². The molecular weight excluding hydrogens is 384 g/mol. The van der Waals surface area contributed by atoms with Crippen molar-refractivity contribution in [3.63, 3.8) is 0 Å². The molecule has 0 spiro atoms. The molecule has 1 aromatic carbocycles. The molecule has 1 saturated heterocycles. The third-order valence-electron chi connectivity index (χ3n) is 5.97. The van der Waals surface area contributed by atoms with E-state index < -0.39 is 0 Å². The molecule has 0 unspecified atom stereocenters. The molecule has 2 aromatic rings. The van der Waals surface area contributed by atoms with Gasteiger partial charge in [0.2, 0.25) is 0 Å². The van der Waals surface area contributed by atoms with Crippen molar-refractivity contribution in [2.24, 2.45) is 0 Å². The lowest BCUT2D eigenvalue weighted by molar-refractivity contribution is 0.0321. The van der Waals surface area contributed by atoms with Crippen molar-refractivity contribution in [3.05, 3.63) is 45.6 Å². The summed E-state index contributed by atoms with van der Waals surface area (Å²) in [6, 6.07) is 9.21. The van der Waals surface area contributed by atoms with Crippen molar-refractivity contribution in [2.45, 2.75) is 32.4 Å². The van der Waals surface area contributed by atoms with Crippen LogP contribution in [0.4, 0.5) is 0 Å². The average Bonchev–Trinajstić information content (AvgIpc) is 3.24. The van der Waals surface area contributed by atoms with Gasteiger partial charge in [0.25, 0.3) is 0 Å². The first kappa shape index (κ1) is 20.7. The summed E-state index contributed by atoms with van der Waals surface area (Å²) in [6.45, 7) is 9.55. The molecule has 4 rings (SSSR count). The lowest BCUT2D eigenvalue weighted by Crippen LogP contribution is -2.38. The molecule has 0 saturated carbocycles. The normalized spacial score (nSPS) is 20.4. The predicted octanol–water partition coefficient (Wildman–Crippen LogP) is 3.98. The van der Waals surface area contributed by atoms with E-state index in [0.717, 1.165) is 70.3 Å². The van der Waals surface area contributed by atoms with Crippen molar-refractivity contribution < 1.29 is 14.2 Å². The Morgan fingerprint density at radius 1 is 1.14 bits per heavy atom. The van der Waals surface area contributed by atoms with Gasteiger partial charge < -0.3 is 14.2 Å². The van der Waals surface area contributed by atoms with E-state index in [1.54, 1.807) is 12.0 Å². The topological polar surface area (TPSA) is 34.2 Å². The van der Waals surface area contributed by atoms with Gasteiger partial charge in [0.1, 0.15) is 6.61 Å². The zero-order valence-electron chi connectivity index (χ0n) is 17.6. The van der Waals surface area contributed by atoms with E-state index in [-0.39, 0.29) is 0 Å². The Kier molecular flexibility index (Phi) is 7.08. The standard InChI is InChI=1S/C23H32N2O3S/c1-3-20-19-7-15-29-23(19)6-8-25(20)17-18-4-5-21(22(16-18)26-2)28-14-11-24-9-12-27-13-10-24/h4-5,7,15-16,20H,3,6,8-14,17H2,1-2H3/t20-/m0/s1. The van der Waals surface area contributed by atoms with Crippen LogP contribution < -0.4 is 9.47 Å². The van der Waals surface area contributed by atoms with Crippen LogP contribution in [0.3, 0.4) is 0 Å². The summed E-state index contributed by atoms with van der Waals surface area (Å²) in [7, 11) is 1.72. The van der Waals surface area contributed by atoms with Gasteiger partial charge in [-0.05, 0) is 47.5 Å². The van der Waals surface area contributed by atoms with Crippen LogP contribution in [-0.2, 0) is 17.7 Å². The predicted molar refractivity (Wildman–Crippen MR) is 117 cm³/mol. The molecule has 0 bridgehead atoms. The van der Waals surface area contributed by atoms with Crippen LogP contribution in [0.15, 0.2) is 29.6 Å². The van der Waals surface area contributed by atoms with Gasteiger partial charge in [-0.2, -0.15) is 0 Å². The number of fused-ring (bicyclic) bond motifs is 1. The Balaban J connectivity index is 1.37. The van der Waals surface area contributed by atoms with Crippen molar-refractivity contribution in [2.75, 3.05) is 53.1 Å². The molecule has 29 heavy (non-hydrogen) atoms. The molecule has 0 aliphatic carbocycles.